The van der Waals surface area contributed by atoms with Crippen molar-refractivity contribution in [1.82, 2.24) is 15.1 Å². The minimum absolute atomic E-state index is 0.206. The summed E-state index contributed by atoms with van der Waals surface area (Å²) < 4.78 is 0. The number of fused-ring (bicyclic) bond motifs is 1. The van der Waals surface area contributed by atoms with Crippen LogP contribution in [-0.2, 0) is 4.79 Å². The van der Waals surface area contributed by atoms with Gasteiger partial charge in [0.1, 0.15) is 0 Å². The molecule has 4 atom stereocenters. The van der Waals surface area contributed by atoms with E-state index in [1.165, 1.54) is 25.8 Å². The van der Waals surface area contributed by atoms with E-state index in [4.69, 9.17) is 0 Å². The van der Waals surface area contributed by atoms with Crippen molar-refractivity contribution in [3.05, 3.63) is 0 Å². The molecule has 108 valence electrons. The van der Waals surface area contributed by atoms with E-state index in [0.29, 0.717) is 23.9 Å². The van der Waals surface area contributed by atoms with Crippen LogP contribution in [-0.4, -0.2) is 60.5 Å². The predicted molar refractivity (Wildman–Crippen MR) is 75.9 cm³/mol. The molecule has 3 saturated heterocycles. The average molecular weight is 265 g/mol. The summed E-state index contributed by atoms with van der Waals surface area (Å²) in [4.78, 5) is 17.5. The number of carbonyl (C=O) groups is 1. The highest BCUT2D eigenvalue weighted by Crippen LogP contribution is 2.27. The fourth-order valence-corrected chi connectivity index (χ4v) is 4.01. The fraction of sp³-hybridized carbons (Fsp3) is 0.933. The van der Waals surface area contributed by atoms with Crippen LogP contribution in [0, 0.1) is 11.8 Å². The molecule has 3 heterocycles. The Kier molecular flexibility index (Phi) is 3.81. The Morgan fingerprint density at radius 2 is 2.00 bits per heavy atom. The molecule has 4 unspecified atom stereocenters. The van der Waals surface area contributed by atoms with Crippen LogP contribution in [0.2, 0.25) is 0 Å². The Balaban J connectivity index is 1.68. The monoisotopic (exact) mass is 265 g/mol. The van der Waals surface area contributed by atoms with E-state index in [-0.39, 0.29) is 5.92 Å². The maximum Gasteiger partial charge on any atom is 0.227 e. The van der Waals surface area contributed by atoms with Gasteiger partial charge >= 0.3 is 0 Å². The van der Waals surface area contributed by atoms with E-state index in [2.05, 4.69) is 29.0 Å². The van der Waals surface area contributed by atoms with Crippen molar-refractivity contribution in [2.24, 2.45) is 11.8 Å². The van der Waals surface area contributed by atoms with E-state index >= 15 is 0 Å². The second kappa shape index (κ2) is 5.41. The third-order valence-corrected chi connectivity index (χ3v) is 5.31. The Morgan fingerprint density at radius 3 is 2.74 bits per heavy atom. The van der Waals surface area contributed by atoms with Crippen LogP contribution in [0.1, 0.15) is 33.1 Å². The third-order valence-electron chi connectivity index (χ3n) is 5.31. The van der Waals surface area contributed by atoms with Crippen molar-refractivity contribution >= 4 is 5.91 Å². The number of piperidine rings is 1. The average Bonchev–Trinajstić information content (AvgIpc) is 2.83. The topological polar surface area (TPSA) is 35.6 Å². The molecule has 0 radical (unpaired) electrons. The number of nitrogens with zero attached hydrogens (tertiary/aromatic N) is 2. The minimum Gasteiger partial charge on any atom is -0.337 e. The molecule has 1 amide bonds. The SMILES string of the molecule is CC1CNCC1C(=O)N1CC2CCCCN2CC1C. The van der Waals surface area contributed by atoms with Gasteiger partial charge in [-0.25, -0.2) is 0 Å². The van der Waals surface area contributed by atoms with Gasteiger partial charge in [0.25, 0.3) is 0 Å². The first kappa shape index (κ1) is 13.4. The zero-order valence-corrected chi connectivity index (χ0v) is 12.3. The van der Waals surface area contributed by atoms with E-state index in [0.717, 1.165) is 26.2 Å². The number of carbonyl (C=O) groups excluding carboxylic acids is 1. The minimum atomic E-state index is 0.206. The lowest BCUT2D eigenvalue weighted by atomic mass is 9.92. The number of amides is 1. The molecule has 0 aromatic carbocycles. The molecule has 4 nitrogen and oxygen atoms in total. The number of hydrogen-bond acceptors (Lipinski definition) is 3. The van der Waals surface area contributed by atoms with E-state index < -0.39 is 0 Å². The van der Waals surface area contributed by atoms with E-state index in [1.54, 1.807) is 0 Å². The van der Waals surface area contributed by atoms with Gasteiger partial charge in [0.2, 0.25) is 5.91 Å². The number of hydrogen-bond donors (Lipinski definition) is 1. The van der Waals surface area contributed by atoms with Crippen molar-refractivity contribution < 1.29 is 4.79 Å². The molecule has 3 rings (SSSR count). The summed E-state index contributed by atoms with van der Waals surface area (Å²) >= 11 is 0. The smallest absolute Gasteiger partial charge is 0.227 e. The molecule has 3 aliphatic heterocycles. The summed E-state index contributed by atoms with van der Waals surface area (Å²) in [6, 6.07) is 1.01. The zero-order valence-electron chi connectivity index (χ0n) is 12.3. The van der Waals surface area contributed by atoms with Gasteiger partial charge in [-0.15, -0.1) is 0 Å². The summed E-state index contributed by atoms with van der Waals surface area (Å²) in [6.45, 7) is 9.55. The maximum absolute atomic E-state index is 12.8. The number of rotatable bonds is 1. The van der Waals surface area contributed by atoms with Crippen LogP contribution in [0.4, 0.5) is 0 Å². The quantitative estimate of drug-likeness (QED) is 0.766. The van der Waals surface area contributed by atoms with Gasteiger partial charge in [0.15, 0.2) is 0 Å². The highest BCUT2D eigenvalue weighted by molar-refractivity contribution is 5.80. The Hall–Kier alpha value is -0.610. The molecule has 0 aromatic heterocycles. The largest absolute Gasteiger partial charge is 0.337 e. The van der Waals surface area contributed by atoms with Crippen LogP contribution in [0.5, 0.6) is 0 Å². The van der Waals surface area contributed by atoms with Gasteiger partial charge in [0, 0.05) is 31.7 Å². The summed E-state index contributed by atoms with van der Waals surface area (Å²) in [7, 11) is 0. The fourth-order valence-electron chi connectivity index (χ4n) is 4.01. The van der Waals surface area contributed by atoms with Gasteiger partial charge in [-0.2, -0.15) is 0 Å². The van der Waals surface area contributed by atoms with Crippen LogP contribution in [0.3, 0.4) is 0 Å². The standard InChI is InChI=1S/C15H27N3O/c1-11-7-16-8-14(11)15(19)18-10-13-5-3-4-6-17(13)9-12(18)2/h11-14,16H,3-10H2,1-2H3. The third kappa shape index (κ3) is 2.52. The first-order valence-electron chi connectivity index (χ1n) is 7.92. The van der Waals surface area contributed by atoms with Crippen molar-refractivity contribution in [2.45, 2.75) is 45.2 Å². The molecule has 3 fully saturated rings. The lowest BCUT2D eigenvalue weighted by molar-refractivity contribution is -0.143. The van der Waals surface area contributed by atoms with Crippen molar-refractivity contribution in [3.63, 3.8) is 0 Å². The van der Waals surface area contributed by atoms with Crippen molar-refractivity contribution in [2.75, 3.05) is 32.7 Å². The molecular formula is C15H27N3O. The number of nitrogens with one attached hydrogen (secondary N) is 1. The summed E-state index contributed by atoms with van der Waals surface area (Å²) in [5.74, 6) is 1.09. The number of piperazine rings is 1. The maximum atomic E-state index is 12.8. The lowest BCUT2D eigenvalue weighted by Crippen LogP contribution is -2.61. The highest BCUT2D eigenvalue weighted by atomic mass is 16.2. The van der Waals surface area contributed by atoms with E-state index in [9.17, 15) is 4.79 Å². The Morgan fingerprint density at radius 1 is 1.16 bits per heavy atom. The molecule has 0 aromatic rings. The van der Waals surface area contributed by atoms with Gasteiger partial charge in [-0.1, -0.05) is 13.3 Å². The van der Waals surface area contributed by atoms with Crippen molar-refractivity contribution in [3.8, 4) is 0 Å². The normalized spacial score (nSPS) is 40.2. The zero-order chi connectivity index (χ0) is 13.4. The van der Waals surface area contributed by atoms with Crippen LogP contribution < -0.4 is 5.32 Å². The van der Waals surface area contributed by atoms with Crippen LogP contribution in [0.25, 0.3) is 0 Å². The predicted octanol–water partition coefficient (Wildman–Crippen LogP) is 0.927. The van der Waals surface area contributed by atoms with Crippen LogP contribution in [0.15, 0.2) is 0 Å². The molecule has 0 aliphatic carbocycles. The molecule has 4 heteroatoms. The van der Waals surface area contributed by atoms with Gasteiger partial charge in [-0.05, 0) is 38.8 Å². The van der Waals surface area contributed by atoms with Gasteiger partial charge in [0.05, 0.1) is 5.92 Å². The highest BCUT2D eigenvalue weighted by Gasteiger charge is 2.39. The molecule has 19 heavy (non-hydrogen) atoms. The van der Waals surface area contributed by atoms with Gasteiger partial charge < -0.3 is 10.2 Å². The van der Waals surface area contributed by atoms with E-state index in [1.807, 2.05) is 0 Å². The molecule has 1 N–H and O–H groups in total. The Labute approximate surface area is 116 Å². The van der Waals surface area contributed by atoms with Gasteiger partial charge in [-0.3, -0.25) is 9.69 Å². The van der Waals surface area contributed by atoms with Crippen LogP contribution >= 0.6 is 0 Å². The first-order chi connectivity index (χ1) is 9.16. The molecule has 0 saturated carbocycles. The summed E-state index contributed by atoms with van der Waals surface area (Å²) in [6.07, 6.45) is 3.94. The molecule has 3 aliphatic rings. The molecule has 0 spiro atoms. The summed E-state index contributed by atoms with van der Waals surface area (Å²) in [5.41, 5.74) is 0. The first-order valence-corrected chi connectivity index (χ1v) is 7.92. The lowest BCUT2D eigenvalue weighted by Gasteiger charge is -2.48. The summed E-state index contributed by atoms with van der Waals surface area (Å²) in [5, 5.41) is 3.36. The Bertz CT molecular complexity index is 346. The second-order valence-electron chi connectivity index (χ2n) is 6.73. The molecular weight excluding hydrogens is 238 g/mol. The second-order valence-corrected chi connectivity index (χ2v) is 6.73. The van der Waals surface area contributed by atoms with Crippen molar-refractivity contribution in [1.29, 1.82) is 0 Å². The molecule has 0 bridgehead atoms.